The highest BCUT2D eigenvalue weighted by atomic mass is 35.5. The van der Waals surface area contributed by atoms with E-state index in [-0.39, 0.29) is 12.1 Å². The van der Waals surface area contributed by atoms with E-state index in [1.807, 2.05) is 30.3 Å². The van der Waals surface area contributed by atoms with Crippen LogP contribution in [0.2, 0.25) is 5.02 Å². The molecule has 0 amide bonds. The Hall–Kier alpha value is -2.40. The zero-order chi connectivity index (χ0) is 16.2. The van der Waals surface area contributed by atoms with Gasteiger partial charge in [-0.2, -0.15) is 4.98 Å². The maximum absolute atomic E-state index is 12.0. The Labute approximate surface area is 138 Å². The van der Waals surface area contributed by atoms with E-state index in [2.05, 4.69) is 10.1 Å². The molecule has 0 fully saturated rings. The maximum atomic E-state index is 12.0. The van der Waals surface area contributed by atoms with Crippen LogP contribution < -0.4 is 5.56 Å². The van der Waals surface area contributed by atoms with Crippen LogP contribution in [0.1, 0.15) is 22.8 Å². The van der Waals surface area contributed by atoms with Crippen molar-refractivity contribution in [2.75, 3.05) is 0 Å². The molecule has 0 radical (unpaired) electrons. The fourth-order valence-corrected chi connectivity index (χ4v) is 2.42. The van der Waals surface area contributed by atoms with E-state index in [0.717, 1.165) is 17.0 Å². The molecule has 0 aliphatic heterocycles. The molecule has 0 aliphatic carbocycles. The fraction of sp³-hybridized carbons (Fsp3) is 0.235. The summed E-state index contributed by atoms with van der Waals surface area (Å²) in [6.45, 7) is 2.07. The molecule has 2 aromatic heterocycles. The molecule has 118 valence electrons. The Morgan fingerprint density at radius 2 is 1.96 bits per heavy atom. The standard InChI is InChI=1S/C17H16ClN3O2/c1-12-3-2-10-21(17(12)22)11-16-19-15(20-23-16)9-6-13-4-7-14(18)8-5-13/h2-5,7-8,10H,6,9,11H2,1H3. The number of benzene rings is 1. The second kappa shape index (κ2) is 6.79. The maximum Gasteiger partial charge on any atom is 0.253 e. The van der Waals surface area contributed by atoms with Gasteiger partial charge >= 0.3 is 0 Å². The summed E-state index contributed by atoms with van der Waals surface area (Å²) in [7, 11) is 0. The first-order valence-electron chi connectivity index (χ1n) is 7.34. The van der Waals surface area contributed by atoms with Crippen molar-refractivity contribution in [3.05, 3.63) is 80.8 Å². The number of nitrogens with zero attached hydrogens (tertiary/aromatic N) is 3. The fourth-order valence-electron chi connectivity index (χ4n) is 2.29. The van der Waals surface area contributed by atoms with E-state index in [0.29, 0.717) is 23.7 Å². The highest BCUT2D eigenvalue weighted by Gasteiger charge is 2.08. The molecule has 0 spiro atoms. The molecular weight excluding hydrogens is 314 g/mol. The van der Waals surface area contributed by atoms with Gasteiger partial charge in [0.2, 0.25) is 5.89 Å². The average Bonchev–Trinajstić information content (AvgIpc) is 2.99. The molecule has 0 saturated carbocycles. The summed E-state index contributed by atoms with van der Waals surface area (Å²) in [4.78, 5) is 16.3. The zero-order valence-electron chi connectivity index (χ0n) is 12.7. The SMILES string of the molecule is Cc1cccn(Cc2nc(CCc3ccc(Cl)cc3)no2)c1=O. The minimum absolute atomic E-state index is 0.0478. The van der Waals surface area contributed by atoms with Crippen molar-refractivity contribution in [3.8, 4) is 0 Å². The summed E-state index contributed by atoms with van der Waals surface area (Å²) in [6.07, 6.45) is 3.20. The van der Waals surface area contributed by atoms with E-state index in [1.54, 1.807) is 23.8 Å². The van der Waals surface area contributed by atoms with Crippen molar-refractivity contribution in [2.24, 2.45) is 0 Å². The van der Waals surface area contributed by atoms with Crippen LogP contribution >= 0.6 is 11.6 Å². The van der Waals surface area contributed by atoms with Crippen LogP contribution in [0.25, 0.3) is 0 Å². The summed E-state index contributed by atoms with van der Waals surface area (Å²) < 4.78 is 6.79. The lowest BCUT2D eigenvalue weighted by molar-refractivity contribution is 0.364. The van der Waals surface area contributed by atoms with Crippen molar-refractivity contribution < 1.29 is 4.52 Å². The number of hydrogen-bond donors (Lipinski definition) is 0. The number of pyridine rings is 1. The van der Waals surface area contributed by atoms with Gasteiger partial charge < -0.3 is 9.09 Å². The molecule has 3 rings (SSSR count). The Bertz CT molecular complexity index is 853. The van der Waals surface area contributed by atoms with Crippen molar-refractivity contribution >= 4 is 11.6 Å². The van der Waals surface area contributed by atoms with Crippen LogP contribution in [-0.4, -0.2) is 14.7 Å². The topological polar surface area (TPSA) is 60.9 Å². The number of aromatic nitrogens is 3. The third kappa shape index (κ3) is 3.87. The van der Waals surface area contributed by atoms with Gasteiger partial charge in [0.25, 0.3) is 5.56 Å². The van der Waals surface area contributed by atoms with Gasteiger partial charge in [-0.3, -0.25) is 4.79 Å². The number of hydrogen-bond acceptors (Lipinski definition) is 4. The molecule has 0 saturated heterocycles. The first kappa shape index (κ1) is 15.5. The molecule has 0 aliphatic rings. The third-order valence-corrected chi connectivity index (χ3v) is 3.83. The first-order chi connectivity index (χ1) is 11.1. The van der Waals surface area contributed by atoms with Crippen molar-refractivity contribution in [1.29, 1.82) is 0 Å². The quantitative estimate of drug-likeness (QED) is 0.722. The molecule has 0 bridgehead atoms. The monoisotopic (exact) mass is 329 g/mol. The van der Waals surface area contributed by atoms with Gasteiger partial charge in [0.1, 0.15) is 6.54 Å². The molecule has 0 atom stereocenters. The minimum Gasteiger partial charge on any atom is -0.337 e. The van der Waals surface area contributed by atoms with Crippen molar-refractivity contribution in [3.63, 3.8) is 0 Å². The Morgan fingerprint density at radius 1 is 1.17 bits per heavy atom. The third-order valence-electron chi connectivity index (χ3n) is 3.58. The largest absolute Gasteiger partial charge is 0.337 e. The molecule has 2 heterocycles. The van der Waals surface area contributed by atoms with Gasteiger partial charge in [-0.25, -0.2) is 0 Å². The first-order valence-corrected chi connectivity index (χ1v) is 7.71. The van der Waals surface area contributed by atoms with Crippen LogP contribution in [-0.2, 0) is 19.4 Å². The second-order valence-electron chi connectivity index (χ2n) is 5.36. The van der Waals surface area contributed by atoms with Gasteiger partial charge in [0, 0.05) is 23.2 Å². The smallest absolute Gasteiger partial charge is 0.253 e. The van der Waals surface area contributed by atoms with E-state index < -0.39 is 0 Å². The van der Waals surface area contributed by atoms with Crippen LogP contribution in [0, 0.1) is 6.92 Å². The van der Waals surface area contributed by atoms with Crippen LogP contribution in [0.4, 0.5) is 0 Å². The summed E-state index contributed by atoms with van der Waals surface area (Å²) in [6, 6.07) is 11.3. The number of aryl methyl sites for hydroxylation is 3. The number of rotatable bonds is 5. The highest BCUT2D eigenvalue weighted by molar-refractivity contribution is 6.30. The molecule has 1 aromatic carbocycles. The van der Waals surface area contributed by atoms with Gasteiger partial charge in [0.05, 0.1) is 0 Å². The van der Waals surface area contributed by atoms with Gasteiger partial charge in [-0.05, 0) is 37.1 Å². The number of halogens is 1. The predicted octanol–water partition coefficient (Wildman–Crippen LogP) is 3.03. The van der Waals surface area contributed by atoms with Crippen LogP contribution in [0.3, 0.4) is 0 Å². The van der Waals surface area contributed by atoms with Crippen LogP contribution in [0.5, 0.6) is 0 Å². The Kier molecular flexibility index (Phi) is 4.57. The highest BCUT2D eigenvalue weighted by Crippen LogP contribution is 2.11. The summed E-state index contributed by atoms with van der Waals surface area (Å²) in [5.74, 6) is 1.07. The molecule has 0 unspecified atom stereocenters. The Morgan fingerprint density at radius 3 is 2.74 bits per heavy atom. The zero-order valence-corrected chi connectivity index (χ0v) is 13.5. The van der Waals surface area contributed by atoms with Gasteiger partial charge in [0.15, 0.2) is 5.82 Å². The minimum atomic E-state index is -0.0478. The Balaban J connectivity index is 1.65. The van der Waals surface area contributed by atoms with E-state index in [4.69, 9.17) is 16.1 Å². The second-order valence-corrected chi connectivity index (χ2v) is 5.79. The van der Waals surface area contributed by atoms with Gasteiger partial charge in [-0.1, -0.05) is 35.0 Å². The lowest BCUT2D eigenvalue weighted by Gasteiger charge is -2.02. The van der Waals surface area contributed by atoms with E-state index >= 15 is 0 Å². The molecular formula is C17H16ClN3O2. The van der Waals surface area contributed by atoms with E-state index in [9.17, 15) is 4.79 Å². The summed E-state index contributed by atoms with van der Waals surface area (Å²) in [5, 5.41) is 4.69. The molecule has 3 aromatic rings. The molecule has 6 heteroatoms. The van der Waals surface area contributed by atoms with E-state index in [1.165, 1.54) is 0 Å². The molecule has 5 nitrogen and oxygen atoms in total. The average molecular weight is 330 g/mol. The van der Waals surface area contributed by atoms with Crippen LogP contribution in [0.15, 0.2) is 51.9 Å². The van der Waals surface area contributed by atoms with Crippen molar-refractivity contribution in [2.45, 2.75) is 26.3 Å². The predicted molar refractivity (Wildman–Crippen MR) is 87.7 cm³/mol. The lowest BCUT2D eigenvalue weighted by Crippen LogP contribution is -2.21. The van der Waals surface area contributed by atoms with Crippen molar-refractivity contribution in [1.82, 2.24) is 14.7 Å². The summed E-state index contributed by atoms with van der Waals surface area (Å²) in [5.41, 5.74) is 1.80. The summed E-state index contributed by atoms with van der Waals surface area (Å²) >= 11 is 5.87. The molecule has 0 N–H and O–H groups in total. The normalized spacial score (nSPS) is 10.9. The van der Waals surface area contributed by atoms with Gasteiger partial charge in [-0.15, -0.1) is 0 Å². The lowest BCUT2D eigenvalue weighted by atomic mass is 10.1. The molecule has 23 heavy (non-hydrogen) atoms.